The van der Waals surface area contributed by atoms with Gasteiger partial charge in [0.15, 0.2) is 0 Å². The van der Waals surface area contributed by atoms with Crippen molar-refractivity contribution in [3.8, 4) is 17.0 Å². The average molecular weight is 501 g/mol. The molecule has 0 bridgehead atoms. The van der Waals surface area contributed by atoms with Gasteiger partial charge in [-0.15, -0.1) is 0 Å². The number of aliphatic hydroxyl groups is 1. The van der Waals surface area contributed by atoms with Crippen molar-refractivity contribution >= 4 is 46.4 Å². The first-order valence-electron chi connectivity index (χ1n) is 10.6. The first kappa shape index (κ1) is 22.5. The van der Waals surface area contributed by atoms with Gasteiger partial charge < -0.3 is 29.8 Å². The summed E-state index contributed by atoms with van der Waals surface area (Å²) in [5, 5.41) is 10.4. The number of pyridine rings is 1. The number of nitrogens with two attached hydrogens (primary N) is 1. The largest absolute Gasteiger partial charge is 0.495 e. The van der Waals surface area contributed by atoms with E-state index in [2.05, 4.69) is 25.9 Å². The van der Waals surface area contributed by atoms with Crippen LogP contribution in [0.1, 0.15) is 5.56 Å². The zero-order valence-electron chi connectivity index (χ0n) is 18.3. The predicted molar refractivity (Wildman–Crippen MR) is 132 cm³/mol. The Labute approximate surface area is 205 Å². The maximum Gasteiger partial charge on any atom is 0.231 e. The highest BCUT2D eigenvalue weighted by Crippen LogP contribution is 2.34. The predicted octanol–water partition coefficient (Wildman–Crippen LogP) is 2.90. The Hall–Kier alpha value is -3.34. The van der Waals surface area contributed by atoms with Gasteiger partial charge in [0.25, 0.3) is 0 Å². The summed E-state index contributed by atoms with van der Waals surface area (Å²) in [6.07, 6.45) is 3.90. The number of aromatic nitrogens is 5. The van der Waals surface area contributed by atoms with Crippen LogP contribution in [0.2, 0.25) is 10.3 Å². The standard InChI is InChI=1S/C22H22Cl2N8O2/c1-34-18-8-13(12-33)15(10-16(18)23)17-11-32-3-2-14(9-19(32)26-17)30-4-6-31(7-5-30)22-28-20(24)27-21(25)29-22/h2-3,8-11,33H,4-7,12H2,1H3,(H2,25,27,28,29). The van der Waals surface area contributed by atoms with E-state index in [1.165, 1.54) is 0 Å². The molecule has 4 heterocycles. The van der Waals surface area contributed by atoms with Crippen LogP contribution >= 0.6 is 23.2 Å². The number of nitrogen functional groups attached to an aromatic ring is 1. The van der Waals surface area contributed by atoms with Gasteiger partial charge in [-0.3, -0.25) is 0 Å². The molecule has 0 spiro atoms. The molecule has 12 heteroatoms. The van der Waals surface area contributed by atoms with E-state index in [9.17, 15) is 5.11 Å². The quantitative estimate of drug-likeness (QED) is 0.426. The molecule has 0 aliphatic carbocycles. The minimum absolute atomic E-state index is 0.0907. The van der Waals surface area contributed by atoms with Crippen LogP contribution in [0.25, 0.3) is 16.9 Å². The fourth-order valence-corrected chi connectivity index (χ4v) is 4.48. The molecule has 1 saturated heterocycles. The van der Waals surface area contributed by atoms with Crippen molar-refractivity contribution in [2.24, 2.45) is 0 Å². The lowest BCUT2D eigenvalue weighted by Gasteiger charge is -2.36. The van der Waals surface area contributed by atoms with Gasteiger partial charge in [0, 0.05) is 55.9 Å². The molecule has 0 atom stereocenters. The van der Waals surface area contributed by atoms with E-state index in [4.69, 9.17) is 38.7 Å². The maximum absolute atomic E-state index is 9.84. The zero-order chi connectivity index (χ0) is 23.8. The Morgan fingerprint density at radius 3 is 2.50 bits per heavy atom. The number of rotatable bonds is 5. The molecule has 4 aromatic rings. The average Bonchev–Trinajstić information content (AvgIpc) is 3.26. The SMILES string of the molecule is COc1cc(CO)c(-c2cn3ccc(N4CCN(c5nc(N)nc(Cl)n5)CC4)cc3n2)cc1Cl. The molecule has 0 saturated carbocycles. The van der Waals surface area contributed by atoms with E-state index >= 15 is 0 Å². The summed E-state index contributed by atoms with van der Waals surface area (Å²) in [6.45, 7) is 2.83. The minimum atomic E-state index is -0.148. The monoisotopic (exact) mass is 500 g/mol. The van der Waals surface area contributed by atoms with Crippen LogP contribution in [0.15, 0.2) is 36.7 Å². The van der Waals surface area contributed by atoms with Crippen LogP contribution < -0.4 is 20.3 Å². The van der Waals surface area contributed by atoms with E-state index in [0.29, 0.717) is 22.3 Å². The smallest absolute Gasteiger partial charge is 0.231 e. The van der Waals surface area contributed by atoms with Gasteiger partial charge in [0.05, 0.1) is 24.4 Å². The number of aliphatic hydroxyl groups excluding tert-OH is 1. The number of anilines is 3. The van der Waals surface area contributed by atoms with Crippen LogP contribution in [0.3, 0.4) is 0 Å². The highest BCUT2D eigenvalue weighted by atomic mass is 35.5. The van der Waals surface area contributed by atoms with Gasteiger partial charge >= 0.3 is 0 Å². The number of imidazole rings is 1. The van der Waals surface area contributed by atoms with Gasteiger partial charge in [-0.1, -0.05) is 11.6 Å². The Balaban J connectivity index is 1.37. The van der Waals surface area contributed by atoms with Gasteiger partial charge in [0.1, 0.15) is 11.4 Å². The lowest BCUT2D eigenvalue weighted by atomic mass is 10.1. The number of hydrogen-bond acceptors (Lipinski definition) is 9. The number of ether oxygens (including phenoxy) is 1. The molecule has 1 aliphatic rings. The second-order valence-electron chi connectivity index (χ2n) is 7.82. The van der Waals surface area contributed by atoms with E-state index in [1.54, 1.807) is 19.2 Å². The summed E-state index contributed by atoms with van der Waals surface area (Å²) in [5.74, 6) is 1.12. The van der Waals surface area contributed by atoms with Gasteiger partial charge in [-0.05, 0) is 35.4 Å². The first-order chi connectivity index (χ1) is 16.4. The Morgan fingerprint density at radius 2 is 1.79 bits per heavy atom. The molecule has 1 aromatic carbocycles. The molecular formula is C22H22Cl2N8O2. The highest BCUT2D eigenvalue weighted by Gasteiger charge is 2.21. The zero-order valence-corrected chi connectivity index (χ0v) is 19.8. The van der Waals surface area contributed by atoms with Crippen LogP contribution in [0.5, 0.6) is 5.75 Å². The second-order valence-corrected chi connectivity index (χ2v) is 8.56. The molecule has 1 fully saturated rings. The van der Waals surface area contributed by atoms with Crippen molar-refractivity contribution < 1.29 is 9.84 Å². The third kappa shape index (κ3) is 4.27. The Bertz CT molecular complexity index is 1330. The summed E-state index contributed by atoms with van der Waals surface area (Å²) in [4.78, 5) is 21.3. The van der Waals surface area contributed by atoms with E-state index < -0.39 is 0 Å². The van der Waals surface area contributed by atoms with Gasteiger partial charge in [-0.2, -0.15) is 15.0 Å². The molecule has 0 radical (unpaired) electrons. The Kier molecular flexibility index (Phi) is 6.03. The van der Waals surface area contributed by atoms with Crippen LogP contribution in [0.4, 0.5) is 17.6 Å². The van der Waals surface area contributed by atoms with Crippen LogP contribution in [-0.2, 0) is 6.61 Å². The third-order valence-corrected chi connectivity index (χ3v) is 6.27. The molecule has 3 N–H and O–H groups in total. The number of piperazine rings is 1. The number of benzene rings is 1. The molecule has 5 rings (SSSR count). The fraction of sp³-hybridized carbons (Fsp3) is 0.273. The number of methoxy groups -OCH3 is 1. The summed E-state index contributed by atoms with van der Waals surface area (Å²) in [7, 11) is 1.54. The lowest BCUT2D eigenvalue weighted by Crippen LogP contribution is -2.47. The second kappa shape index (κ2) is 9.13. The highest BCUT2D eigenvalue weighted by molar-refractivity contribution is 6.32. The number of nitrogens with zero attached hydrogens (tertiary/aromatic N) is 7. The molecule has 1 aliphatic heterocycles. The molecule has 3 aromatic heterocycles. The van der Waals surface area contributed by atoms with Gasteiger partial charge in [0.2, 0.25) is 17.2 Å². The van der Waals surface area contributed by atoms with Crippen molar-refractivity contribution in [2.75, 3.05) is 48.8 Å². The summed E-state index contributed by atoms with van der Waals surface area (Å²) in [5.41, 5.74) is 9.74. The van der Waals surface area contributed by atoms with Crippen LogP contribution in [-0.4, -0.2) is 62.7 Å². The van der Waals surface area contributed by atoms with E-state index in [0.717, 1.165) is 48.8 Å². The van der Waals surface area contributed by atoms with Crippen molar-refractivity contribution in [3.05, 3.63) is 52.5 Å². The first-order valence-corrected chi connectivity index (χ1v) is 11.3. The number of hydrogen-bond donors (Lipinski definition) is 2. The minimum Gasteiger partial charge on any atom is -0.495 e. The van der Waals surface area contributed by atoms with E-state index in [1.807, 2.05) is 27.8 Å². The topological polar surface area (TPSA) is 118 Å². The summed E-state index contributed by atoms with van der Waals surface area (Å²) in [6, 6.07) is 7.61. The van der Waals surface area contributed by atoms with Crippen molar-refractivity contribution in [2.45, 2.75) is 6.61 Å². The normalized spacial score (nSPS) is 14.1. The van der Waals surface area contributed by atoms with Crippen molar-refractivity contribution in [1.82, 2.24) is 24.3 Å². The molecular weight excluding hydrogens is 479 g/mol. The molecule has 0 unspecified atom stereocenters. The van der Waals surface area contributed by atoms with Crippen molar-refractivity contribution in [1.29, 1.82) is 0 Å². The number of halogens is 2. The molecule has 0 amide bonds. The molecule has 10 nitrogen and oxygen atoms in total. The third-order valence-electron chi connectivity index (χ3n) is 5.81. The fourth-order valence-electron chi connectivity index (χ4n) is 4.08. The van der Waals surface area contributed by atoms with Crippen LogP contribution in [0, 0.1) is 0 Å². The summed E-state index contributed by atoms with van der Waals surface area (Å²) >= 11 is 12.3. The van der Waals surface area contributed by atoms with E-state index in [-0.39, 0.29) is 17.8 Å². The molecule has 176 valence electrons. The lowest BCUT2D eigenvalue weighted by molar-refractivity contribution is 0.281. The Morgan fingerprint density at radius 1 is 1.03 bits per heavy atom. The summed E-state index contributed by atoms with van der Waals surface area (Å²) < 4.78 is 7.21. The maximum atomic E-state index is 9.84. The van der Waals surface area contributed by atoms with Crippen molar-refractivity contribution in [3.63, 3.8) is 0 Å². The number of fused-ring (bicyclic) bond motifs is 1. The van der Waals surface area contributed by atoms with Gasteiger partial charge in [-0.25, -0.2) is 4.98 Å². The molecule has 34 heavy (non-hydrogen) atoms.